The topological polar surface area (TPSA) is 75.3 Å². The Balaban J connectivity index is 1.42. The summed E-state index contributed by atoms with van der Waals surface area (Å²) >= 11 is 1.83. The Kier molecular flexibility index (Phi) is 6.11. The minimum atomic E-state index is -3.04. The fourth-order valence-electron chi connectivity index (χ4n) is 2.74. The van der Waals surface area contributed by atoms with E-state index in [0.717, 1.165) is 24.0 Å². The van der Waals surface area contributed by atoms with E-state index in [4.69, 9.17) is 0 Å². The molecule has 0 saturated heterocycles. The summed E-state index contributed by atoms with van der Waals surface area (Å²) < 4.78 is 22.7. The number of nitrogens with one attached hydrogen (secondary N) is 2. The Labute approximate surface area is 164 Å². The number of sulfone groups is 1. The highest BCUT2D eigenvalue weighted by atomic mass is 32.2. The van der Waals surface area contributed by atoms with Gasteiger partial charge in [0.05, 0.1) is 5.75 Å². The summed E-state index contributed by atoms with van der Waals surface area (Å²) in [7, 11) is -3.04. The molecule has 1 aliphatic rings. The third-order valence-electron chi connectivity index (χ3n) is 4.36. The van der Waals surface area contributed by atoms with Crippen molar-refractivity contribution < 1.29 is 13.2 Å². The van der Waals surface area contributed by atoms with Crippen LogP contribution in [0.5, 0.6) is 0 Å². The zero-order chi connectivity index (χ0) is 19.3. The largest absolute Gasteiger partial charge is 0.337 e. The summed E-state index contributed by atoms with van der Waals surface area (Å²) in [4.78, 5) is 13.3. The first-order valence-corrected chi connectivity index (χ1v) is 11.7. The number of urea groups is 1. The monoisotopic (exact) mass is 404 g/mol. The molecule has 7 heteroatoms. The van der Waals surface area contributed by atoms with Crippen LogP contribution < -0.4 is 10.6 Å². The number of carbonyl (C=O) groups excluding carboxylic acids is 1. The van der Waals surface area contributed by atoms with Crippen LogP contribution in [-0.4, -0.2) is 32.0 Å². The molecule has 1 aliphatic carbocycles. The molecule has 0 unspecified atom stereocenters. The second kappa shape index (κ2) is 8.35. The number of rotatable bonds is 8. The van der Waals surface area contributed by atoms with Crippen molar-refractivity contribution in [3.05, 3.63) is 65.7 Å². The van der Waals surface area contributed by atoms with E-state index in [2.05, 4.69) is 22.8 Å². The van der Waals surface area contributed by atoms with E-state index in [9.17, 15) is 13.2 Å². The highest BCUT2D eigenvalue weighted by Gasteiger charge is 2.43. The van der Waals surface area contributed by atoms with E-state index in [1.54, 1.807) is 12.1 Å². The first kappa shape index (κ1) is 19.8. The number of benzene rings is 2. The molecule has 0 aliphatic heterocycles. The Bertz CT molecular complexity index is 877. The second-order valence-corrected chi connectivity index (χ2v) is 10.7. The minimum Gasteiger partial charge on any atom is -0.337 e. The van der Waals surface area contributed by atoms with Crippen LogP contribution in [0.25, 0.3) is 0 Å². The lowest BCUT2D eigenvalue weighted by atomic mass is 10.1. The lowest BCUT2D eigenvalue weighted by molar-refractivity contribution is 0.240. The molecule has 144 valence electrons. The Hall–Kier alpha value is -1.99. The molecule has 0 radical (unpaired) electrons. The summed E-state index contributed by atoms with van der Waals surface area (Å²) in [6.45, 7) is 1.05. The summed E-state index contributed by atoms with van der Waals surface area (Å²) in [5.41, 5.74) is 1.68. The van der Waals surface area contributed by atoms with Gasteiger partial charge in [-0.1, -0.05) is 42.5 Å². The number of hydrogen-bond donors (Lipinski definition) is 2. The quantitative estimate of drug-likeness (QED) is 0.707. The van der Waals surface area contributed by atoms with Crippen LogP contribution in [0, 0.1) is 0 Å². The average Bonchev–Trinajstić information content (AvgIpc) is 3.39. The van der Waals surface area contributed by atoms with E-state index >= 15 is 0 Å². The van der Waals surface area contributed by atoms with Gasteiger partial charge < -0.3 is 10.6 Å². The summed E-state index contributed by atoms with van der Waals surface area (Å²) in [5.74, 6) is 0.0301. The van der Waals surface area contributed by atoms with Gasteiger partial charge in [0.1, 0.15) is 0 Å². The van der Waals surface area contributed by atoms with Crippen molar-refractivity contribution in [3.63, 3.8) is 0 Å². The van der Waals surface area contributed by atoms with Crippen LogP contribution in [0.4, 0.5) is 4.79 Å². The molecule has 2 aromatic carbocycles. The molecule has 0 spiro atoms. The van der Waals surface area contributed by atoms with Crippen LogP contribution in [0.3, 0.4) is 0 Å². The van der Waals surface area contributed by atoms with Crippen LogP contribution >= 0.6 is 11.8 Å². The first-order valence-electron chi connectivity index (χ1n) is 8.85. The van der Waals surface area contributed by atoms with Crippen molar-refractivity contribution in [1.29, 1.82) is 0 Å². The maximum atomic E-state index is 12.1. The zero-order valence-electron chi connectivity index (χ0n) is 15.3. The standard InChI is InChI=1S/C20H24N2O3S2/c1-27(24,25)14-17-9-7-16(8-10-17)13-21-19(23)22-15-20(11-12-20)26-18-5-3-2-4-6-18/h2-10H,11-15H2,1H3,(H2,21,22,23). The molecule has 3 rings (SSSR count). The van der Waals surface area contributed by atoms with Crippen LogP contribution in [-0.2, 0) is 22.1 Å². The molecule has 0 bridgehead atoms. The van der Waals surface area contributed by atoms with E-state index in [1.807, 2.05) is 42.1 Å². The van der Waals surface area contributed by atoms with E-state index in [1.165, 1.54) is 11.2 Å². The molecule has 5 nitrogen and oxygen atoms in total. The number of hydrogen-bond acceptors (Lipinski definition) is 4. The molecule has 1 saturated carbocycles. The molecule has 0 atom stereocenters. The van der Waals surface area contributed by atoms with Crippen LogP contribution in [0.1, 0.15) is 24.0 Å². The average molecular weight is 405 g/mol. The molecule has 2 amide bonds. The predicted molar refractivity (Wildman–Crippen MR) is 109 cm³/mol. The molecular formula is C20H24N2O3S2. The molecule has 0 aromatic heterocycles. The summed E-state index contributed by atoms with van der Waals surface area (Å²) in [5, 5.41) is 5.82. The van der Waals surface area contributed by atoms with Gasteiger partial charge >= 0.3 is 6.03 Å². The number of thioether (sulfide) groups is 1. The van der Waals surface area contributed by atoms with Crippen molar-refractivity contribution in [2.24, 2.45) is 0 Å². The first-order chi connectivity index (χ1) is 12.8. The molecule has 1 fully saturated rings. The molecule has 2 N–H and O–H groups in total. The number of carbonyl (C=O) groups is 1. The summed E-state index contributed by atoms with van der Waals surface area (Å²) in [6.07, 6.45) is 3.43. The lowest BCUT2D eigenvalue weighted by Crippen LogP contribution is -2.39. The predicted octanol–water partition coefficient (Wildman–Crippen LogP) is 3.36. The van der Waals surface area contributed by atoms with Gasteiger partial charge in [-0.15, -0.1) is 11.8 Å². The lowest BCUT2D eigenvalue weighted by Gasteiger charge is -2.16. The maximum absolute atomic E-state index is 12.1. The summed E-state index contributed by atoms with van der Waals surface area (Å²) in [6, 6.07) is 17.3. The third kappa shape index (κ3) is 6.59. The normalized spacial score (nSPS) is 15.1. The Morgan fingerprint density at radius 2 is 1.63 bits per heavy atom. The minimum absolute atomic E-state index is 0.0301. The highest BCUT2D eigenvalue weighted by Crippen LogP contribution is 2.51. The van der Waals surface area contributed by atoms with E-state index in [0.29, 0.717) is 13.1 Å². The molecule has 0 heterocycles. The zero-order valence-corrected chi connectivity index (χ0v) is 16.9. The molecule has 27 heavy (non-hydrogen) atoms. The SMILES string of the molecule is CS(=O)(=O)Cc1ccc(CNC(=O)NCC2(Sc3ccccc3)CC2)cc1. The Morgan fingerprint density at radius 3 is 2.22 bits per heavy atom. The van der Waals surface area contributed by atoms with Crippen molar-refractivity contribution >= 4 is 27.6 Å². The Morgan fingerprint density at radius 1 is 1.00 bits per heavy atom. The fourth-order valence-corrected chi connectivity index (χ4v) is 4.78. The molecule has 2 aromatic rings. The van der Waals surface area contributed by atoms with E-state index in [-0.39, 0.29) is 16.5 Å². The van der Waals surface area contributed by atoms with Gasteiger partial charge in [-0.05, 0) is 36.1 Å². The molecular weight excluding hydrogens is 380 g/mol. The second-order valence-electron chi connectivity index (χ2n) is 7.02. The van der Waals surface area contributed by atoms with Crippen molar-refractivity contribution in [2.45, 2.75) is 34.8 Å². The van der Waals surface area contributed by atoms with Gasteiger partial charge in [0.25, 0.3) is 0 Å². The smallest absolute Gasteiger partial charge is 0.315 e. The van der Waals surface area contributed by atoms with Gasteiger partial charge in [0.2, 0.25) is 0 Å². The van der Waals surface area contributed by atoms with Gasteiger partial charge in [-0.3, -0.25) is 0 Å². The third-order valence-corrected chi connectivity index (χ3v) is 6.71. The van der Waals surface area contributed by atoms with Crippen LogP contribution in [0.15, 0.2) is 59.5 Å². The van der Waals surface area contributed by atoms with Crippen LogP contribution in [0.2, 0.25) is 0 Å². The highest BCUT2D eigenvalue weighted by molar-refractivity contribution is 8.01. The number of amides is 2. The fraction of sp³-hybridized carbons (Fsp3) is 0.350. The van der Waals surface area contributed by atoms with E-state index < -0.39 is 9.84 Å². The van der Waals surface area contributed by atoms with Gasteiger partial charge in [0.15, 0.2) is 9.84 Å². The maximum Gasteiger partial charge on any atom is 0.315 e. The van der Waals surface area contributed by atoms with Crippen molar-refractivity contribution in [2.75, 3.05) is 12.8 Å². The van der Waals surface area contributed by atoms with Gasteiger partial charge in [0, 0.05) is 29.0 Å². The van der Waals surface area contributed by atoms with Crippen molar-refractivity contribution in [3.8, 4) is 0 Å². The van der Waals surface area contributed by atoms with Gasteiger partial charge in [-0.2, -0.15) is 0 Å². The van der Waals surface area contributed by atoms with Gasteiger partial charge in [-0.25, -0.2) is 13.2 Å². The van der Waals surface area contributed by atoms with Crippen molar-refractivity contribution in [1.82, 2.24) is 10.6 Å².